The van der Waals surface area contributed by atoms with Crippen molar-refractivity contribution in [1.82, 2.24) is 4.31 Å². The topological polar surface area (TPSA) is 58.6 Å². The Labute approximate surface area is 108 Å². The minimum Gasteiger partial charge on any atom is -0.385 e. The van der Waals surface area contributed by atoms with Crippen molar-refractivity contribution < 1.29 is 13.2 Å². The van der Waals surface area contributed by atoms with Gasteiger partial charge in [-0.3, -0.25) is 0 Å². The number of hydrogen-bond acceptors (Lipinski definition) is 4. The summed E-state index contributed by atoms with van der Waals surface area (Å²) in [4.78, 5) is 0.339. The number of benzene rings is 1. The van der Waals surface area contributed by atoms with Gasteiger partial charge in [0.1, 0.15) is 0 Å². The highest BCUT2D eigenvalue weighted by molar-refractivity contribution is 7.89. The van der Waals surface area contributed by atoms with E-state index < -0.39 is 10.0 Å². The Morgan fingerprint density at radius 2 is 1.83 bits per heavy atom. The number of hydrogen-bond donors (Lipinski definition) is 1. The van der Waals surface area contributed by atoms with Crippen LogP contribution in [-0.4, -0.2) is 45.6 Å². The molecule has 0 atom stereocenters. The Balaban J connectivity index is 2.18. The van der Waals surface area contributed by atoms with Crippen LogP contribution in [0.3, 0.4) is 0 Å². The lowest BCUT2D eigenvalue weighted by molar-refractivity contribution is 0.0730. The number of ether oxygens (including phenoxy) is 1. The molecule has 2 rings (SSSR count). The third kappa shape index (κ3) is 2.82. The summed E-state index contributed by atoms with van der Waals surface area (Å²) < 4.78 is 31.2. The quantitative estimate of drug-likeness (QED) is 0.891. The third-order valence-corrected chi connectivity index (χ3v) is 4.76. The van der Waals surface area contributed by atoms with Crippen LogP contribution in [-0.2, 0) is 14.8 Å². The minimum absolute atomic E-state index is 0.339. The first-order chi connectivity index (χ1) is 8.64. The molecular formula is C12H18N2O3S. The molecule has 1 aromatic rings. The van der Waals surface area contributed by atoms with Gasteiger partial charge in [0.25, 0.3) is 0 Å². The molecule has 0 amide bonds. The second-order valence-electron chi connectivity index (χ2n) is 4.07. The Hall–Kier alpha value is -1.11. The molecular weight excluding hydrogens is 252 g/mol. The van der Waals surface area contributed by atoms with Crippen LogP contribution in [0, 0.1) is 0 Å². The molecule has 0 bridgehead atoms. The first-order valence-corrected chi connectivity index (χ1v) is 7.50. The van der Waals surface area contributed by atoms with Gasteiger partial charge in [-0.1, -0.05) is 0 Å². The average Bonchev–Trinajstić information content (AvgIpc) is 2.41. The van der Waals surface area contributed by atoms with Crippen molar-refractivity contribution in [3.8, 4) is 0 Å². The van der Waals surface area contributed by atoms with Gasteiger partial charge < -0.3 is 10.1 Å². The maximum atomic E-state index is 12.3. The minimum atomic E-state index is -3.37. The van der Waals surface area contributed by atoms with Crippen LogP contribution in [0.5, 0.6) is 0 Å². The van der Waals surface area contributed by atoms with E-state index >= 15 is 0 Å². The van der Waals surface area contributed by atoms with Gasteiger partial charge in [0.2, 0.25) is 10.0 Å². The van der Waals surface area contributed by atoms with Crippen LogP contribution in [0.2, 0.25) is 0 Å². The highest BCUT2D eigenvalue weighted by Gasteiger charge is 2.25. The Morgan fingerprint density at radius 3 is 2.39 bits per heavy atom. The van der Waals surface area contributed by atoms with E-state index in [4.69, 9.17) is 4.74 Å². The highest BCUT2D eigenvalue weighted by atomic mass is 32.2. The number of nitrogens with zero attached hydrogens (tertiary/aromatic N) is 1. The van der Waals surface area contributed by atoms with Gasteiger partial charge in [-0.05, 0) is 31.2 Å². The largest absolute Gasteiger partial charge is 0.385 e. The first kappa shape index (κ1) is 13.3. The molecule has 1 heterocycles. The Bertz CT molecular complexity index is 479. The lowest BCUT2D eigenvalue weighted by Crippen LogP contribution is -2.40. The molecule has 1 aromatic carbocycles. The van der Waals surface area contributed by atoms with Gasteiger partial charge in [-0.25, -0.2) is 8.42 Å². The third-order valence-electron chi connectivity index (χ3n) is 2.84. The molecule has 0 spiro atoms. The van der Waals surface area contributed by atoms with E-state index in [0.29, 0.717) is 31.2 Å². The van der Waals surface area contributed by atoms with E-state index in [1.54, 1.807) is 24.3 Å². The second-order valence-corrected chi connectivity index (χ2v) is 6.01. The number of nitrogens with one attached hydrogen (secondary N) is 1. The Morgan fingerprint density at radius 1 is 1.22 bits per heavy atom. The van der Waals surface area contributed by atoms with E-state index in [0.717, 1.165) is 12.2 Å². The van der Waals surface area contributed by atoms with Crippen LogP contribution in [0.25, 0.3) is 0 Å². The van der Waals surface area contributed by atoms with E-state index in [1.807, 2.05) is 6.92 Å². The SMILES string of the molecule is CCNc1ccc(S(=O)(=O)N2CCOCC2)cc1. The smallest absolute Gasteiger partial charge is 0.243 e. The summed E-state index contributed by atoms with van der Waals surface area (Å²) in [5, 5.41) is 3.14. The van der Waals surface area contributed by atoms with Gasteiger partial charge in [-0.2, -0.15) is 4.31 Å². The van der Waals surface area contributed by atoms with E-state index in [2.05, 4.69) is 5.32 Å². The molecule has 100 valence electrons. The van der Waals surface area contributed by atoms with Crippen molar-refractivity contribution in [2.75, 3.05) is 38.2 Å². The molecule has 1 aliphatic rings. The fraction of sp³-hybridized carbons (Fsp3) is 0.500. The van der Waals surface area contributed by atoms with Crippen LogP contribution < -0.4 is 5.32 Å². The molecule has 0 aromatic heterocycles. The van der Waals surface area contributed by atoms with Crippen LogP contribution in [0.1, 0.15) is 6.92 Å². The van der Waals surface area contributed by atoms with Gasteiger partial charge in [0.05, 0.1) is 18.1 Å². The monoisotopic (exact) mass is 270 g/mol. The fourth-order valence-corrected chi connectivity index (χ4v) is 3.29. The first-order valence-electron chi connectivity index (χ1n) is 6.06. The molecule has 1 aliphatic heterocycles. The zero-order valence-electron chi connectivity index (χ0n) is 10.4. The number of morpholine rings is 1. The number of sulfonamides is 1. The van der Waals surface area contributed by atoms with Gasteiger partial charge in [0, 0.05) is 25.3 Å². The van der Waals surface area contributed by atoms with Crippen molar-refractivity contribution in [3.63, 3.8) is 0 Å². The molecule has 18 heavy (non-hydrogen) atoms. The van der Waals surface area contributed by atoms with Gasteiger partial charge in [0.15, 0.2) is 0 Å². The lowest BCUT2D eigenvalue weighted by atomic mass is 10.3. The molecule has 1 fully saturated rings. The van der Waals surface area contributed by atoms with E-state index in [1.165, 1.54) is 4.31 Å². The maximum absolute atomic E-state index is 12.3. The molecule has 0 aliphatic carbocycles. The van der Waals surface area contributed by atoms with Crippen LogP contribution >= 0.6 is 0 Å². The second kappa shape index (κ2) is 5.69. The fourth-order valence-electron chi connectivity index (χ4n) is 1.88. The molecule has 1 saturated heterocycles. The normalized spacial score (nSPS) is 17.6. The molecule has 5 nitrogen and oxygen atoms in total. The maximum Gasteiger partial charge on any atom is 0.243 e. The summed E-state index contributed by atoms with van der Waals surface area (Å²) >= 11 is 0. The van der Waals surface area contributed by atoms with Crippen LogP contribution in [0.4, 0.5) is 5.69 Å². The lowest BCUT2D eigenvalue weighted by Gasteiger charge is -2.26. The summed E-state index contributed by atoms with van der Waals surface area (Å²) in [5.41, 5.74) is 0.929. The predicted octanol–water partition coefficient (Wildman–Crippen LogP) is 1.14. The standard InChI is InChI=1S/C12H18N2O3S/c1-2-13-11-3-5-12(6-4-11)18(15,16)14-7-9-17-10-8-14/h3-6,13H,2,7-10H2,1H3. The predicted molar refractivity (Wildman–Crippen MR) is 70.2 cm³/mol. The molecule has 1 N–H and O–H groups in total. The van der Waals surface area contributed by atoms with Crippen molar-refractivity contribution in [2.24, 2.45) is 0 Å². The number of anilines is 1. The summed E-state index contributed by atoms with van der Waals surface area (Å²) in [6, 6.07) is 6.86. The van der Waals surface area contributed by atoms with Crippen molar-refractivity contribution in [2.45, 2.75) is 11.8 Å². The van der Waals surface area contributed by atoms with Crippen molar-refractivity contribution >= 4 is 15.7 Å². The van der Waals surface area contributed by atoms with Gasteiger partial charge in [-0.15, -0.1) is 0 Å². The average molecular weight is 270 g/mol. The van der Waals surface area contributed by atoms with E-state index in [-0.39, 0.29) is 0 Å². The van der Waals surface area contributed by atoms with E-state index in [9.17, 15) is 8.42 Å². The highest BCUT2D eigenvalue weighted by Crippen LogP contribution is 2.19. The van der Waals surface area contributed by atoms with Crippen molar-refractivity contribution in [3.05, 3.63) is 24.3 Å². The summed E-state index contributed by atoms with van der Waals surface area (Å²) in [5.74, 6) is 0. The summed E-state index contributed by atoms with van der Waals surface area (Å²) in [6.07, 6.45) is 0. The van der Waals surface area contributed by atoms with Gasteiger partial charge >= 0.3 is 0 Å². The Kier molecular flexibility index (Phi) is 4.21. The molecule has 0 unspecified atom stereocenters. The molecule has 0 saturated carbocycles. The number of rotatable bonds is 4. The zero-order valence-corrected chi connectivity index (χ0v) is 11.2. The molecule has 6 heteroatoms. The van der Waals surface area contributed by atoms with Crippen molar-refractivity contribution in [1.29, 1.82) is 0 Å². The summed E-state index contributed by atoms with van der Waals surface area (Å²) in [7, 11) is -3.37. The molecule has 0 radical (unpaired) electrons. The van der Waals surface area contributed by atoms with Crippen LogP contribution in [0.15, 0.2) is 29.2 Å². The zero-order chi connectivity index (χ0) is 13.0. The summed E-state index contributed by atoms with van der Waals surface area (Å²) in [6.45, 7) is 4.60.